The molecule has 4 nitrogen and oxygen atoms in total. The maximum Gasteiger partial charge on any atom is 0.250 e. The molecule has 0 fully saturated rings. The van der Waals surface area contributed by atoms with Crippen LogP contribution in [0.25, 0.3) is 0 Å². The smallest absolute Gasteiger partial charge is 0.250 e. The lowest BCUT2D eigenvalue weighted by Crippen LogP contribution is -2.26. The summed E-state index contributed by atoms with van der Waals surface area (Å²) in [6.45, 7) is 5.69. The minimum absolute atomic E-state index is 0.148. The summed E-state index contributed by atoms with van der Waals surface area (Å²) in [5.41, 5.74) is 1.63. The molecular weight excluding hydrogens is 314 g/mol. The summed E-state index contributed by atoms with van der Waals surface area (Å²) in [7, 11) is -3.54. The van der Waals surface area contributed by atoms with Gasteiger partial charge in [0.25, 0.3) is 10.0 Å². The van der Waals surface area contributed by atoms with E-state index in [9.17, 15) is 8.42 Å². The molecule has 2 N–H and O–H groups in total. The normalized spacial score (nSPS) is 13.6. The lowest BCUT2D eigenvalue weighted by atomic mass is 10.1. The third-order valence-corrected chi connectivity index (χ3v) is 6.97. The number of thiophene rings is 2. The molecule has 1 unspecified atom stereocenters. The molecule has 2 aromatic rings. The molecule has 2 aromatic heterocycles. The summed E-state index contributed by atoms with van der Waals surface area (Å²) in [5, 5.41) is 10.7. The molecule has 2 heterocycles. The van der Waals surface area contributed by atoms with E-state index in [4.69, 9.17) is 5.11 Å². The molecule has 0 aliphatic carbocycles. The Hall–Kier alpha value is -0.730. The van der Waals surface area contributed by atoms with Gasteiger partial charge in [-0.15, -0.1) is 22.7 Å². The highest BCUT2D eigenvalue weighted by Gasteiger charge is 2.21. The van der Waals surface area contributed by atoms with Crippen LogP contribution >= 0.6 is 22.7 Å². The van der Waals surface area contributed by atoms with Gasteiger partial charge in [-0.3, -0.25) is 0 Å². The number of aryl methyl sites for hydroxylation is 2. The minimum atomic E-state index is -3.54. The van der Waals surface area contributed by atoms with Gasteiger partial charge in [-0.2, -0.15) is 0 Å². The topological polar surface area (TPSA) is 66.4 Å². The Labute approximate surface area is 127 Å². The van der Waals surface area contributed by atoms with Gasteiger partial charge in [-0.05, 0) is 49.4 Å². The molecule has 0 saturated heterocycles. The van der Waals surface area contributed by atoms with E-state index in [2.05, 4.69) is 4.72 Å². The van der Waals surface area contributed by atoms with Crippen LogP contribution in [0.2, 0.25) is 0 Å². The molecule has 2 rings (SSSR count). The average molecular weight is 331 g/mol. The van der Waals surface area contributed by atoms with Gasteiger partial charge in [0.2, 0.25) is 0 Å². The quantitative estimate of drug-likeness (QED) is 0.885. The molecule has 0 saturated carbocycles. The van der Waals surface area contributed by atoms with Crippen molar-refractivity contribution in [1.82, 2.24) is 4.72 Å². The maximum atomic E-state index is 12.3. The SMILES string of the molecule is Cc1cc(C(C)NS(=O)(=O)c2cc(CO)cs2)c(C)s1. The standard InChI is InChI=1S/C13H17NO3S3/c1-8-4-12(10(3)19-8)9(2)14-20(16,17)13-5-11(6-15)7-18-13/h4-5,7,9,14-15H,6H2,1-3H3. The first kappa shape index (κ1) is 15.7. The minimum Gasteiger partial charge on any atom is -0.392 e. The Morgan fingerprint density at radius 1 is 1.35 bits per heavy atom. The molecule has 0 amide bonds. The number of rotatable bonds is 5. The third kappa shape index (κ3) is 3.29. The first-order valence-electron chi connectivity index (χ1n) is 6.11. The highest BCUT2D eigenvalue weighted by atomic mass is 32.2. The van der Waals surface area contributed by atoms with Gasteiger partial charge in [-0.1, -0.05) is 0 Å². The molecule has 0 aliphatic rings. The fraction of sp³-hybridized carbons (Fsp3) is 0.385. The zero-order chi connectivity index (χ0) is 14.9. The molecule has 0 radical (unpaired) electrons. The predicted molar refractivity (Wildman–Crippen MR) is 82.8 cm³/mol. The van der Waals surface area contributed by atoms with Crippen LogP contribution in [-0.4, -0.2) is 13.5 Å². The first-order valence-corrected chi connectivity index (χ1v) is 9.29. The van der Waals surface area contributed by atoms with E-state index < -0.39 is 10.0 Å². The van der Waals surface area contributed by atoms with Crippen LogP contribution in [-0.2, 0) is 16.6 Å². The van der Waals surface area contributed by atoms with Crippen LogP contribution in [0.3, 0.4) is 0 Å². The number of hydrogen-bond donors (Lipinski definition) is 2. The summed E-state index contributed by atoms with van der Waals surface area (Å²) in [5.74, 6) is 0. The lowest BCUT2D eigenvalue weighted by Gasteiger charge is -2.13. The number of aliphatic hydroxyl groups excluding tert-OH is 1. The second-order valence-corrected chi connectivity index (χ2v) is 8.96. The van der Waals surface area contributed by atoms with Gasteiger partial charge < -0.3 is 5.11 Å². The van der Waals surface area contributed by atoms with E-state index in [-0.39, 0.29) is 16.9 Å². The molecule has 20 heavy (non-hydrogen) atoms. The van der Waals surface area contributed by atoms with Crippen LogP contribution in [0.4, 0.5) is 0 Å². The highest BCUT2D eigenvalue weighted by Crippen LogP contribution is 2.28. The number of sulfonamides is 1. The van der Waals surface area contributed by atoms with Crippen LogP contribution in [0, 0.1) is 13.8 Å². The van der Waals surface area contributed by atoms with Crippen molar-refractivity contribution in [2.75, 3.05) is 0 Å². The molecule has 0 aromatic carbocycles. The van der Waals surface area contributed by atoms with E-state index >= 15 is 0 Å². The van der Waals surface area contributed by atoms with Gasteiger partial charge in [0.15, 0.2) is 0 Å². The second kappa shape index (κ2) is 5.95. The molecule has 110 valence electrons. The van der Waals surface area contributed by atoms with Crippen molar-refractivity contribution in [2.24, 2.45) is 0 Å². The highest BCUT2D eigenvalue weighted by molar-refractivity contribution is 7.91. The van der Waals surface area contributed by atoms with Crippen molar-refractivity contribution >= 4 is 32.7 Å². The first-order chi connectivity index (χ1) is 9.33. The van der Waals surface area contributed by atoms with Gasteiger partial charge in [0.05, 0.1) is 6.61 Å². The zero-order valence-corrected chi connectivity index (χ0v) is 14.0. The zero-order valence-electron chi connectivity index (χ0n) is 11.5. The summed E-state index contributed by atoms with van der Waals surface area (Å²) in [6, 6.07) is 3.25. The van der Waals surface area contributed by atoms with Crippen molar-refractivity contribution in [3.63, 3.8) is 0 Å². The van der Waals surface area contributed by atoms with Crippen molar-refractivity contribution in [1.29, 1.82) is 0 Å². The molecule has 1 atom stereocenters. The largest absolute Gasteiger partial charge is 0.392 e. The Morgan fingerprint density at radius 2 is 2.05 bits per heavy atom. The summed E-state index contributed by atoms with van der Waals surface area (Å²) in [4.78, 5) is 2.29. The molecule has 0 spiro atoms. The van der Waals surface area contributed by atoms with Gasteiger partial charge in [-0.25, -0.2) is 13.1 Å². The van der Waals surface area contributed by atoms with Gasteiger partial charge in [0, 0.05) is 15.8 Å². The van der Waals surface area contributed by atoms with Crippen molar-refractivity contribution in [2.45, 2.75) is 37.6 Å². The van der Waals surface area contributed by atoms with E-state index in [0.29, 0.717) is 5.56 Å². The molecular formula is C13H17NO3S3. The molecule has 0 bridgehead atoms. The van der Waals surface area contributed by atoms with E-state index in [1.165, 1.54) is 10.9 Å². The number of aliphatic hydroxyl groups is 1. The van der Waals surface area contributed by atoms with E-state index in [1.807, 2.05) is 26.8 Å². The number of hydrogen-bond acceptors (Lipinski definition) is 5. The monoisotopic (exact) mass is 331 g/mol. The van der Waals surface area contributed by atoms with Crippen LogP contribution in [0.5, 0.6) is 0 Å². The summed E-state index contributed by atoms with van der Waals surface area (Å²) < 4.78 is 27.5. The van der Waals surface area contributed by atoms with Crippen molar-refractivity contribution in [3.05, 3.63) is 38.4 Å². The predicted octanol–water partition coefficient (Wildman–Crippen LogP) is 2.96. The van der Waals surface area contributed by atoms with Gasteiger partial charge in [0.1, 0.15) is 4.21 Å². The van der Waals surface area contributed by atoms with Crippen molar-refractivity contribution < 1.29 is 13.5 Å². The third-order valence-electron chi connectivity index (χ3n) is 2.95. The maximum absolute atomic E-state index is 12.3. The van der Waals surface area contributed by atoms with Crippen LogP contribution < -0.4 is 4.72 Å². The van der Waals surface area contributed by atoms with E-state index in [0.717, 1.165) is 21.8 Å². The molecule has 0 aliphatic heterocycles. The fourth-order valence-electron chi connectivity index (χ4n) is 2.01. The van der Waals surface area contributed by atoms with Crippen molar-refractivity contribution in [3.8, 4) is 0 Å². The number of nitrogens with one attached hydrogen (secondary N) is 1. The Bertz CT molecular complexity index is 700. The Morgan fingerprint density at radius 3 is 2.55 bits per heavy atom. The second-order valence-electron chi connectivity index (χ2n) is 4.64. The van der Waals surface area contributed by atoms with Crippen LogP contribution in [0.1, 0.15) is 33.8 Å². The fourth-order valence-corrected chi connectivity index (χ4v) is 5.47. The Balaban J connectivity index is 2.21. The lowest BCUT2D eigenvalue weighted by molar-refractivity contribution is 0.282. The molecule has 7 heteroatoms. The van der Waals surface area contributed by atoms with E-state index in [1.54, 1.807) is 16.7 Å². The van der Waals surface area contributed by atoms with Crippen LogP contribution in [0.15, 0.2) is 21.7 Å². The summed E-state index contributed by atoms with van der Waals surface area (Å²) >= 11 is 2.78. The Kier molecular flexibility index (Phi) is 4.66. The van der Waals surface area contributed by atoms with Gasteiger partial charge >= 0.3 is 0 Å². The summed E-state index contributed by atoms with van der Waals surface area (Å²) in [6.07, 6.45) is 0. The average Bonchev–Trinajstić information content (AvgIpc) is 2.95.